The van der Waals surface area contributed by atoms with Gasteiger partial charge in [0.25, 0.3) is 5.91 Å². The lowest BCUT2D eigenvalue weighted by atomic mass is 10.1. The van der Waals surface area contributed by atoms with Crippen LogP contribution >= 0.6 is 27.7 Å². The van der Waals surface area contributed by atoms with E-state index in [2.05, 4.69) is 21.2 Å². The molecule has 0 aliphatic heterocycles. The Labute approximate surface area is 112 Å². The van der Waals surface area contributed by atoms with Crippen LogP contribution < -0.4 is 11.1 Å². The lowest BCUT2D eigenvalue weighted by Crippen LogP contribution is -2.34. The first-order valence-corrected chi connectivity index (χ1v) is 7.18. The van der Waals surface area contributed by atoms with Gasteiger partial charge in [-0.15, -0.1) is 0 Å². The van der Waals surface area contributed by atoms with Gasteiger partial charge in [0.05, 0.1) is 11.3 Å². The molecule has 0 aliphatic rings. The van der Waals surface area contributed by atoms with Crippen LogP contribution in [0.2, 0.25) is 0 Å². The Morgan fingerprint density at radius 2 is 2.29 bits per heavy atom. The summed E-state index contributed by atoms with van der Waals surface area (Å²) in [6.07, 6.45) is 1.97. The molecule has 3 nitrogen and oxygen atoms in total. The number of halogens is 2. The fraction of sp³-hybridized carbons (Fsp3) is 0.364. The number of amides is 1. The van der Waals surface area contributed by atoms with Gasteiger partial charge in [0.15, 0.2) is 0 Å². The van der Waals surface area contributed by atoms with Gasteiger partial charge in [-0.25, -0.2) is 4.39 Å². The second kappa shape index (κ2) is 6.26. The van der Waals surface area contributed by atoms with Crippen molar-refractivity contribution in [2.24, 2.45) is 0 Å². The third-order valence-corrected chi connectivity index (χ3v) is 3.61. The maximum atomic E-state index is 13.1. The second-order valence-corrected chi connectivity index (χ2v) is 5.45. The molecule has 0 heterocycles. The summed E-state index contributed by atoms with van der Waals surface area (Å²) in [6, 6.07) is 2.58. The average Bonchev–Trinajstić information content (AvgIpc) is 2.23. The summed E-state index contributed by atoms with van der Waals surface area (Å²) < 4.78 is 13.5. The summed E-state index contributed by atoms with van der Waals surface area (Å²) >= 11 is 4.79. The molecule has 0 bridgehead atoms. The summed E-state index contributed by atoms with van der Waals surface area (Å²) in [4.78, 5) is 11.9. The maximum absolute atomic E-state index is 13.1. The van der Waals surface area contributed by atoms with Gasteiger partial charge in [-0.1, -0.05) is 0 Å². The Bertz CT molecular complexity index is 428. The molecule has 17 heavy (non-hydrogen) atoms. The van der Waals surface area contributed by atoms with E-state index >= 15 is 0 Å². The van der Waals surface area contributed by atoms with Gasteiger partial charge in [0.1, 0.15) is 5.82 Å². The Morgan fingerprint density at radius 3 is 2.88 bits per heavy atom. The molecule has 0 radical (unpaired) electrons. The van der Waals surface area contributed by atoms with E-state index in [0.29, 0.717) is 10.0 Å². The highest BCUT2D eigenvalue weighted by Crippen LogP contribution is 2.22. The van der Waals surface area contributed by atoms with Gasteiger partial charge < -0.3 is 11.1 Å². The number of carbonyl (C=O) groups excluding carboxylic acids is 1. The first kappa shape index (κ1) is 14.3. The molecule has 94 valence electrons. The van der Waals surface area contributed by atoms with Gasteiger partial charge >= 0.3 is 0 Å². The van der Waals surface area contributed by atoms with Crippen molar-refractivity contribution in [3.63, 3.8) is 0 Å². The summed E-state index contributed by atoms with van der Waals surface area (Å²) in [7, 11) is 0. The number of nitrogens with one attached hydrogen (secondary N) is 1. The zero-order valence-electron chi connectivity index (χ0n) is 9.59. The topological polar surface area (TPSA) is 55.1 Å². The summed E-state index contributed by atoms with van der Waals surface area (Å²) in [5.74, 6) is 0.0238. The number of carbonyl (C=O) groups is 1. The van der Waals surface area contributed by atoms with E-state index in [9.17, 15) is 9.18 Å². The van der Waals surface area contributed by atoms with Crippen LogP contribution in [0.15, 0.2) is 16.6 Å². The van der Waals surface area contributed by atoms with Gasteiger partial charge in [0, 0.05) is 16.3 Å². The molecule has 0 saturated heterocycles. The number of benzene rings is 1. The fourth-order valence-electron chi connectivity index (χ4n) is 1.33. The number of hydrogen-bond donors (Lipinski definition) is 2. The smallest absolute Gasteiger partial charge is 0.252 e. The fourth-order valence-corrected chi connectivity index (χ4v) is 2.41. The van der Waals surface area contributed by atoms with Crippen molar-refractivity contribution in [3.8, 4) is 0 Å². The molecule has 0 aromatic heterocycles. The Kier molecular flexibility index (Phi) is 5.27. The third-order valence-electron chi connectivity index (χ3n) is 2.13. The van der Waals surface area contributed by atoms with Gasteiger partial charge in [-0.2, -0.15) is 11.8 Å². The first-order valence-electron chi connectivity index (χ1n) is 5.00. The molecule has 6 heteroatoms. The molecule has 0 aliphatic carbocycles. The summed E-state index contributed by atoms with van der Waals surface area (Å²) in [6.45, 7) is 1.91. The minimum absolute atomic E-state index is 0.0316. The van der Waals surface area contributed by atoms with Crippen LogP contribution in [0.4, 0.5) is 10.1 Å². The lowest BCUT2D eigenvalue weighted by Gasteiger charge is -2.13. The highest BCUT2D eigenvalue weighted by molar-refractivity contribution is 9.10. The normalized spacial score (nSPS) is 12.2. The van der Waals surface area contributed by atoms with Crippen molar-refractivity contribution in [1.82, 2.24) is 5.32 Å². The number of rotatable bonds is 4. The van der Waals surface area contributed by atoms with Crippen molar-refractivity contribution in [1.29, 1.82) is 0 Å². The Morgan fingerprint density at radius 1 is 1.65 bits per heavy atom. The molecular weight excluding hydrogens is 307 g/mol. The van der Waals surface area contributed by atoms with E-state index in [1.165, 1.54) is 12.1 Å². The van der Waals surface area contributed by atoms with Gasteiger partial charge in [-0.05, 0) is 41.2 Å². The molecule has 0 spiro atoms. The molecule has 0 saturated carbocycles. The predicted molar refractivity (Wildman–Crippen MR) is 73.8 cm³/mol. The molecule has 0 fully saturated rings. The number of anilines is 1. The zero-order valence-corrected chi connectivity index (χ0v) is 12.0. The second-order valence-electron chi connectivity index (χ2n) is 3.68. The predicted octanol–water partition coefficient (Wildman–Crippen LogP) is 2.65. The van der Waals surface area contributed by atoms with Crippen molar-refractivity contribution in [2.75, 3.05) is 17.7 Å². The van der Waals surface area contributed by atoms with E-state index in [4.69, 9.17) is 5.73 Å². The molecule has 1 aromatic carbocycles. The molecule has 1 amide bonds. The maximum Gasteiger partial charge on any atom is 0.252 e. The van der Waals surface area contributed by atoms with Gasteiger partial charge in [-0.3, -0.25) is 4.79 Å². The number of nitrogens with two attached hydrogens (primary N) is 1. The van der Waals surface area contributed by atoms with Crippen LogP contribution in [-0.4, -0.2) is 24.0 Å². The Balaban J connectivity index is 2.86. The van der Waals surface area contributed by atoms with Crippen LogP contribution in [0.1, 0.15) is 17.3 Å². The zero-order chi connectivity index (χ0) is 13.0. The first-order chi connectivity index (χ1) is 7.95. The van der Waals surface area contributed by atoms with Crippen LogP contribution in [0, 0.1) is 5.82 Å². The van der Waals surface area contributed by atoms with E-state index in [1.807, 2.05) is 13.2 Å². The molecule has 1 unspecified atom stereocenters. The number of hydrogen-bond acceptors (Lipinski definition) is 3. The van der Waals surface area contributed by atoms with Gasteiger partial charge in [0.2, 0.25) is 0 Å². The SMILES string of the molecule is CSCC(C)NC(=O)c1cc(N)c(F)cc1Br. The van der Waals surface area contributed by atoms with Crippen molar-refractivity contribution >= 4 is 39.3 Å². The van der Waals surface area contributed by atoms with Crippen LogP contribution in [0.3, 0.4) is 0 Å². The van der Waals surface area contributed by atoms with Crippen LogP contribution in [-0.2, 0) is 0 Å². The lowest BCUT2D eigenvalue weighted by molar-refractivity contribution is 0.0943. The molecule has 1 atom stereocenters. The average molecular weight is 321 g/mol. The van der Waals surface area contributed by atoms with Crippen molar-refractivity contribution in [3.05, 3.63) is 28.0 Å². The van der Waals surface area contributed by atoms with E-state index in [0.717, 1.165) is 5.75 Å². The largest absolute Gasteiger partial charge is 0.396 e. The monoisotopic (exact) mass is 320 g/mol. The summed E-state index contributed by atoms with van der Waals surface area (Å²) in [5, 5.41) is 2.82. The third kappa shape index (κ3) is 3.89. The summed E-state index contributed by atoms with van der Waals surface area (Å²) in [5.41, 5.74) is 5.75. The van der Waals surface area contributed by atoms with Crippen molar-refractivity contribution in [2.45, 2.75) is 13.0 Å². The van der Waals surface area contributed by atoms with E-state index in [-0.39, 0.29) is 17.6 Å². The van der Waals surface area contributed by atoms with Crippen LogP contribution in [0.5, 0.6) is 0 Å². The highest BCUT2D eigenvalue weighted by Gasteiger charge is 2.15. The number of nitrogen functional groups attached to an aromatic ring is 1. The molecule has 3 N–H and O–H groups in total. The molecule has 1 rings (SSSR count). The quantitative estimate of drug-likeness (QED) is 0.838. The highest BCUT2D eigenvalue weighted by atomic mass is 79.9. The molecular formula is C11H14BrFN2OS. The van der Waals surface area contributed by atoms with E-state index in [1.54, 1.807) is 11.8 Å². The minimum Gasteiger partial charge on any atom is -0.396 e. The number of thioether (sulfide) groups is 1. The molecule has 1 aromatic rings. The van der Waals surface area contributed by atoms with Crippen LogP contribution in [0.25, 0.3) is 0 Å². The minimum atomic E-state index is -0.536. The Hall–Kier alpha value is -0.750. The van der Waals surface area contributed by atoms with Crippen molar-refractivity contribution < 1.29 is 9.18 Å². The standard InChI is InChI=1S/C11H14BrFN2OS/c1-6(5-17-2)15-11(16)7-3-10(14)9(13)4-8(7)12/h3-4,6H,5,14H2,1-2H3,(H,15,16). The van der Waals surface area contributed by atoms with E-state index < -0.39 is 5.82 Å².